The van der Waals surface area contributed by atoms with Crippen LogP contribution in [-0.2, 0) is 11.3 Å². The van der Waals surface area contributed by atoms with E-state index in [4.69, 9.17) is 9.47 Å². The summed E-state index contributed by atoms with van der Waals surface area (Å²) in [6.07, 6.45) is 2.34. The number of para-hydroxylation sites is 2. The monoisotopic (exact) mass is 418 g/mol. The minimum absolute atomic E-state index is 0.0934. The molecule has 0 radical (unpaired) electrons. The number of hydrogen-bond donors (Lipinski definition) is 0. The molecule has 0 aliphatic carbocycles. The fourth-order valence-electron chi connectivity index (χ4n) is 3.94. The van der Waals surface area contributed by atoms with Gasteiger partial charge in [-0.2, -0.15) is 5.10 Å². The van der Waals surface area contributed by atoms with Crippen LogP contribution in [0.2, 0.25) is 0 Å². The molecule has 0 N–H and O–H groups in total. The highest BCUT2D eigenvalue weighted by Gasteiger charge is 2.41. The van der Waals surface area contributed by atoms with E-state index in [-0.39, 0.29) is 23.5 Å². The van der Waals surface area contributed by atoms with Crippen LogP contribution in [0.4, 0.5) is 0 Å². The molecule has 4 heterocycles. The fraction of sp³-hybridized carbons (Fsp3) is 0.304. The summed E-state index contributed by atoms with van der Waals surface area (Å²) in [5.41, 5.74) is 1.46. The van der Waals surface area contributed by atoms with Gasteiger partial charge in [-0.05, 0) is 37.3 Å². The largest absolute Gasteiger partial charge is 0.482 e. The number of carbonyl (C=O) groups is 1. The number of benzene rings is 1. The zero-order valence-corrected chi connectivity index (χ0v) is 17.0. The molecule has 158 valence electrons. The molecule has 1 amide bonds. The second kappa shape index (κ2) is 7.86. The van der Waals surface area contributed by atoms with E-state index < -0.39 is 6.10 Å². The number of pyridine rings is 1. The maximum absolute atomic E-state index is 12.9. The average molecular weight is 418 g/mol. The molecule has 0 saturated carbocycles. The van der Waals surface area contributed by atoms with Crippen molar-refractivity contribution in [2.75, 3.05) is 13.1 Å². The molecule has 2 atom stereocenters. The van der Waals surface area contributed by atoms with Gasteiger partial charge in [0.1, 0.15) is 6.10 Å². The number of hydrogen-bond acceptors (Lipinski definition) is 6. The summed E-state index contributed by atoms with van der Waals surface area (Å²) >= 11 is 0. The zero-order chi connectivity index (χ0) is 21.4. The van der Waals surface area contributed by atoms with Crippen LogP contribution in [0.1, 0.15) is 6.92 Å². The van der Waals surface area contributed by atoms with Crippen molar-refractivity contribution in [2.24, 2.45) is 5.92 Å². The molecule has 1 saturated heterocycles. The van der Waals surface area contributed by atoms with Crippen LogP contribution in [0.5, 0.6) is 11.5 Å². The second-order valence-electron chi connectivity index (χ2n) is 7.89. The molecule has 8 heteroatoms. The summed E-state index contributed by atoms with van der Waals surface area (Å²) in [5, 5.41) is 4.49. The number of fused-ring (bicyclic) bond motifs is 1. The van der Waals surface area contributed by atoms with Gasteiger partial charge in [-0.3, -0.25) is 14.6 Å². The van der Waals surface area contributed by atoms with E-state index in [0.717, 1.165) is 11.3 Å². The standard InChI is InChI=1S/C23H22N4O4/c1-15-22(31-20-5-3-2-4-19(20)30-15)23(29)26-12-16(13-26)14-27-21(28)7-6-18(25-27)17-8-10-24-11-9-17/h2-11,15-16,22H,12-14H2,1H3. The Morgan fingerprint density at radius 1 is 1.03 bits per heavy atom. The number of carbonyl (C=O) groups excluding carboxylic acids is 1. The molecular formula is C23H22N4O4. The Labute approximate surface area is 179 Å². The third-order valence-electron chi connectivity index (χ3n) is 5.63. The molecule has 0 spiro atoms. The molecule has 5 rings (SSSR count). The van der Waals surface area contributed by atoms with Crippen molar-refractivity contribution in [3.8, 4) is 22.8 Å². The summed E-state index contributed by atoms with van der Waals surface area (Å²) in [5.74, 6) is 1.30. The van der Waals surface area contributed by atoms with E-state index in [1.165, 1.54) is 10.7 Å². The SMILES string of the molecule is CC1Oc2ccccc2OC1C(=O)N1CC(Cn2nc(-c3ccncc3)ccc2=O)C1. The third kappa shape index (κ3) is 3.76. The second-order valence-corrected chi connectivity index (χ2v) is 7.89. The number of nitrogens with zero attached hydrogens (tertiary/aromatic N) is 4. The van der Waals surface area contributed by atoms with Crippen molar-refractivity contribution >= 4 is 5.91 Å². The van der Waals surface area contributed by atoms with Gasteiger partial charge >= 0.3 is 0 Å². The van der Waals surface area contributed by atoms with Crippen LogP contribution in [0.3, 0.4) is 0 Å². The topological polar surface area (TPSA) is 86.6 Å². The maximum Gasteiger partial charge on any atom is 0.267 e. The molecule has 1 aromatic carbocycles. The number of rotatable bonds is 4. The van der Waals surface area contributed by atoms with Gasteiger partial charge in [0, 0.05) is 43.0 Å². The van der Waals surface area contributed by atoms with Crippen molar-refractivity contribution in [1.29, 1.82) is 0 Å². The molecular weight excluding hydrogens is 396 g/mol. The van der Waals surface area contributed by atoms with Gasteiger partial charge in [0.25, 0.3) is 11.5 Å². The van der Waals surface area contributed by atoms with Crippen molar-refractivity contribution < 1.29 is 14.3 Å². The smallest absolute Gasteiger partial charge is 0.267 e. The first-order chi connectivity index (χ1) is 15.1. The molecule has 2 aliphatic heterocycles. The van der Waals surface area contributed by atoms with Gasteiger partial charge in [-0.15, -0.1) is 0 Å². The Hall–Kier alpha value is -3.68. The predicted octanol–water partition coefficient (Wildman–Crippen LogP) is 1.99. The van der Waals surface area contributed by atoms with Crippen molar-refractivity contribution in [3.63, 3.8) is 0 Å². The number of likely N-dealkylation sites (tertiary alicyclic amines) is 1. The number of aromatic nitrogens is 3. The summed E-state index contributed by atoms with van der Waals surface area (Å²) < 4.78 is 13.2. The lowest BCUT2D eigenvalue weighted by atomic mass is 9.98. The van der Waals surface area contributed by atoms with Gasteiger partial charge in [-0.1, -0.05) is 12.1 Å². The predicted molar refractivity (Wildman–Crippen MR) is 113 cm³/mol. The lowest BCUT2D eigenvalue weighted by Crippen LogP contribution is -2.59. The van der Waals surface area contributed by atoms with Crippen molar-refractivity contribution in [3.05, 3.63) is 71.3 Å². The van der Waals surface area contributed by atoms with Crippen LogP contribution in [0.15, 0.2) is 65.7 Å². The molecule has 2 aliphatic rings. The van der Waals surface area contributed by atoms with Gasteiger partial charge in [-0.25, -0.2) is 4.68 Å². The first kappa shape index (κ1) is 19.3. The van der Waals surface area contributed by atoms with Crippen LogP contribution in [-0.4, -0.2) is 50.9 Å². The van der Waals surface area contributed by atoms with E-state index in [2.05, 4.69) is 10.1 Å². The van der Waals surface area contributed by atoms with Crippen molar-refractivity contribution in [2.45, 2.75) is 25.7 Å². The Bertz CT molecular complexity index is 1160. The first-order valence-corrected chi connectivity index (χ1v) is 10.3. The summed E-state index contributed by atoms with van der Waals surface area (Å²) in [6, 6.07) is 14.3. The average Bonchev–Trinajstić information content (AvgIpc) is 2.76. The van der Waals surface area contributed by atoms with Crippen LogP contribution >= 0.6 is 0 Å². The Kier molecular flexibility index (Phi) is 4.89. The third-order valence-corrected chi connectivity index (χ3v) is 5.63. The van der Waals surface area contributed by atoms with E-state index in [9.17, 15) is 9.59 Å². The Balaban J connectivity index is 1.23. The molecule has 2 aromatic heterocycles. The van der Waals surface area contributed by atoms with Crippen LogP contribution < -0.4 is 15.0 Å². The summed E-state index contributed by atoms with van der Waals surface area (Å²) in [4.78, 5) is 31.0. The lowest BCUT2D eigenvalue weighted by molar-refractivity contribution is -0.151. The Morgan fingerprint density at radius 3 is 2.48 bits per heavy atom. The highest BCUT2D eigenvalue weighted by molar-refractivity contribution is 5.83. The quantitative estimate of drug-likeness (QED) is 0.644. The summed E-state index contributed by atoms with van der Waals surface area (Å²) in [6.45, 7) is 3.41. The van der Waals surface area contributed by atoms with Crippen molar-refractivity contribution in [1.82, 2.24) is 19.7 Å². The normalized spacial score (nSPS) is 20.2. The maximum atomic E-state index is 12.9. The van der Waals surface area contributed by atoms with Gasteiger partial charge in [0.15, 0.2) is 11.5 Å². The van der Waals surface area contributed by atoms with E-state index in [1.807, 2.05) is 37.3 Å². The minimum atomic E-state index is -0.674. The molecule has 2 unspecified atom stereocenters. The number of ether oxygens (including phenoxy) is 2. The van der Waals surface area contributed by atoms with E-state index in [1.54, 1.807) is 29.4 Å². The highest BCUT2D eigenvalue weighted by Crippen LogP contribution is 2.34. The molecule has 8 nitrogen and oxygen atoms in total. The summed E-state index contributed by atoms with van der Waals surface area (Å²) in [7, 11) is 0. The van der Waals surface area contributed by atoms with E-state index in [0.29, 0.717) is 31.1 Å². The first-order valence-electron chi connectivity index (χ1n) is 10.3. The zero-order valence-electron chi connectivity index (χ0n) is 17.0. The van der Waals surface area contributed by atoms with Gasteiger partial charge < -0.3 is 14.4 Å². The fourth-order valence-corrected chi connectivity index (χ4v) is 3.94. The van der Waals surface area contributed by atoms with Crippen LogP contribution in [0, 0.1) is 5.92 Å². The highest BCUT2D eigenvalue weighted by atomic mass is 16.6. The molecule has 31 heavy (non-hydrogen) atoms. The Morgan fingerprint density at radius 2 is 1.74 bits per heavy atom. The number of amides is 1. The van der Waals surface area contributed by atoms with E-state index >= 15 is 0 Å². The van der Waals surface area contributed by atoms with Gasteiger partial charge in [0.2, 0.25) is 6.10 Å². The molecule has 1 fully saturated rings. The van der Waals surface area contributed by atoms with Gasteiger partial charge in [0.05, 0.1) is 12.2 Å². The molecule has 0 bridgehead atoms. The lowest BCUT2D eigenvalue weighted by Gasteiger charge is -2.42. The van der Waals surface area contributed by atoms with Crippen LogP contribution in [0.25, 0.3) is 11.3 Å². The minimum Gasteiger partial charge on any atom is -0.482 e. The molecule has 3 aromatic rings.